The van der Waals surface area contributed by atoms with Gasteiger partial charge in [0.15, 0.2) is 5.76 Å². The number of rotatable bonds is 5. The van der Waals surface area contributed by atoms with Crippen LogP contribution in [0.2, 0.25) is 5.02 Å². The van der Waals surface area contributed by atoms with Gasteiger partial charge in [0.1, 0.15) is 5.69 Å². The zero-order valence-electron chi connectivity index (χ0n) is 13.9. The molecule has 4 rings (SSSR count). The predicted octanol–water partition coefficient (Wildman–Crippen LogP) is 6.95. The van der Waals surface area contributed by atoms with Gasteiger partial charge in [0, 0.05) is 21.9 Å². The van der Waals surface area contributed by atoms with Gasteiger partial charge in [-0.1, -0.05) is 96.2 Å². The van der Waals surface area contributed by atoms with E-state index in [0.717, 1.165) is 33.4 Å². The summed E-state index contributed by atoms with van der Waals surface area (Å²) in [6.07, 6.45) is 0. The number of thioether (sulfide) groups is 1. The lowest BCUT2D eigenvalue weighted by Crippen LogP contribution is -1.82. The molecule has 0 fully saturated rings. The minimum absolute atomic E-state index is 0.664. The molecule has 0 N–H and O–H groups in total. The Hall–Kier alpha value is -2.49. The SMILES string of the molecule is Clc1ccc(CSc2nc(-c3ccccc3)c(-c3ccccc3)o2)cc1. The van der Waals surface area contributed by atoms with Gasteiger partial charge >= 0.3 is 0 Å². The Morgan fingerprint density at radius 1 is 0.769 bits per heavy atom. The molecule has 3 aromatic carbocycles. The lowest BCUT2D eigenvalue weighted by molar-refractivity contribution is 0.466. The third-order valence-electron chi connectivity index (χ3n) is 3.97. The van der Waals surface area contributed by atoms with E-state index in [2.05, 4.69) is 12.1 Å². The predicted molar refractivity (Wildman–Crippen MR) is 108 cm³/mol. The number of hydrogen-bond acceptors (Lipinski definition) is 3. The maximum Gasteiger partial charge on any atom is 0.257 e. The van der Waals surface area contributed by atoms with Crippen molar-refractivity contribution < 1.29 is 4.42 Å². The second-order valence-electron chi connectivity index (χ2n) is 5.80. The third-order valence-corrected chi connectivity index (χ3v) is 5.12. The summed E-state index contributed by atoms with van der Waals surface area (Å²) in [6, 6.07) is 28.1. The Kier molecular flexibility index (Phi) is 5.09. The van der Waals surface area contributed by atoms with Crippen LogP contribution in [0.25, 0.3) is 22.6 Å². The number of hydrogen-bond donors (Lipinski definition) is 0. The molecule has 0 saturated heterocycles. The molecule has 0 radical (unpaired) electrons. The molecule has 0 aliphatic rings. The molecule has 2 nitrogen and oxygen atoms in total. The highest BCUT2D eigenvalue weighted by atomic mass is 35.5. The van der Waals surface area contributed by atoms with E-state index in [1.165, 1.54) is 5.56 Å². The van der Waals surface area contributed by atoms with Crippen LogP contribution < -0.4 is 0 Å². The highest BCUT2D eigenvalue weighted by molar-refractivity contribution is 7.98. The van der Waals surface area contributed by atoms with Gasteiger partial charge in [-0.25, -0.2) is 4.98 Å². The van der Waals surface area contributed by atoms with Crippen LogP contribution in [0, 0.1) is 0 Å². The van der Waals surface area contributed by atoms with Crippen molar-refractivity contribution in [1.29, 1.82) is 0 Å². The maximum atomic E-state index is 6.13. The van der Waals surface area contributed by atoms with Crippen LogP contribution in [0.4, 0.5) is 0 Å². The molecule has 0 amide bonds. The van der Waals surface area contributed by atoms with Crippen LogP contribution in [0.1, 0.15) is 5.56 Å². The number of halogens is 1. The zero-order chi connectivity index (χ0) is 17.8. The summed E-state index contributed by atoms with van der Waals surface area (Å²) in [5.74, 6) is 1.58. The van der Waals surface area contributed by atoms with Crippen LogP contribution in [0.3, 0.4) is 0 Å². The quantitative estimate of drug-likeness (QED) is 0.352. The van der Waals surface area contributed by atoms with Crippen molar-refractivity contribution in [2.75, 3.05) is 0 Å². The van der Waals surface area contributed by atoms with Gasteiger partial charge in [-0.05, 0) is 17.7 Å². The molecule has 0 saturated carbocycles. The summed E-state index contributed by atoms with van der Waals surface area (Å²) in [5, 5.41) is 1.41. The zero-order valence-corrected chi connectivity index (χ0v) is 15.5. The van der Waals surface area contributed by atoms with E-state index in [0.29, 0.717) is 5.22 Å². The van der Waals surface area contributed by atoms with Gasteiger partial charge in [0.25, 0.3) is 5.22 Å². The highest BCUT2D eigenvalue weighted by Gasteiger charge is 2.17. The molecule has 0 atom stereocenters. The van der Waals surface area contributed by atoms with Gasteiger partial charge in [0.2, 0.25) is 0 Å². The first-order valence-corrected chi connectivity index (χ1v) is 9.65. The average molecular weight is 378 g/mol. The standard InChI is InChI=1S/C22H16ClNOS/c23-19-13-11-16(12-14-19)15-26-22-24-20(17-7-3-1-4-8-17)21(25-22)18-9-5-2-6-10-18/h1-14H,15H2. The Balaban J connectivity index is 1.66. The molecule has 4 heteroatoms. The molecular formula is C22H16ClNOS. The normalized spacial score (nSPS) is 10.8. The van der Waals surface area contributed by atoms with Gasteiger partial charge in [-0.15, -0.1) is 0 Å². The van der Waals surface area contributed by atoms with E-state index in [1.807, 2.05) is 72.8 Å². The Bertz CT molecular complexity index is 925. The van der Waals surface area contributed by atoms with Crippen LogP contribution in [-0.4, -0.2) is 4.98 Å². The lowest BCUT2D eigenvalue weighted by atomic mass is 10.1. The molecule has 4 aromatic rings. The first-order chi connectivity index (χ1) is 12.8. The lowest BCUT2D eigenvalue weighted by Gasteiger charge is -2.00. The van der Waals surface area contributed by atoms with Crippen molar-refractivity contribution in [3.8, 4) is 22.6 Å². The number of nitrogens with zero attached hydrogens (tertiary/aromatic N) is 1. The van der Waals surface area contributed by atoms with Crippen LogP contribution >= 0.6 is 23.4 Å². The first-order valence-electron chi connectivity index (χ1n) is 8.28. The highest BCUT2D eigenvalue weighted by Crippen LogP contribution is 2.36. The van der Waals surface area contributed by atoms with E-state index in [4.69, 9.17) is 21.0 Å². The molecular weight excluding hydrogens is 362 g/mol. The second-order valence-corrected chi connectivity index (χ2v) is 7.17. The van der Waals surface area contributed by atoms with Crippen LogP contribution in [0.15, 0.2) is 94.6 Å². The summed E-state index contributed by atoms with van der Waals surface area (Å²) >= 11 is 7.53. The minimum atomic E-state index is 0.664. The fraction of sp³-hybridized carbons (Fsp3) is 0.0455. The van der Waals surface area contributed by atoms with Gasteiger partial charge in [0.05, 0.1) is 0 Å². The van der Waals surface area contributed by atoms with Gasteiger partial charge in [-0.2, -0.15) is 0 Å². The number of aromatic nitrogens is 1. The minimum Gasteiger partial charge on any atom is -0.431 e. The topological polar surface area (TPSA) is 26.0 Å². The number of benzene rings is 3. The number of oxazole rings is 1. The Morgan fingerprint density at radius 2 is 1.38 bits per heavy atom. The summed E-state index contributed by atoms with van der Waals surface area (Å²) < 4.78 is 6.13. The smallest absolute Gasteiger partial charge is 0.257 e. The summed E-state index contributed by atoms with van der Waals surface area (Å²) in [7, 11) is 0. The summed E-state index contributed by atoms with van der Waals surface area (Å²) in [5.41, 5.74) is 4.13. The van der Waals surface area contributed by atoms with E-state index in [1.54, 1.807) is 11.8 Å². The largest absolute Gasteiger partial charge is 0.431 e. The van der Waals surface area contributed by atoms with Crippen molar-refractivity contribution in [1.82, 2.24) is 4.98 Å². The van der Waals surface area contributed by atoms with E-state index in [9.17, 15) is 0 Å². The van der Waals surface area contributed by atoms with Crippen molar-refractivity contribution in [3.63, 3.8) is 0 Å². The molecule has 0 bridgehead atoms. The van der Waals surface area contributed by atoms with Crippen LogP contribution in [0.5, 0.6) is 0 Å². The third kappa shape index (κ3) is 3.85. The van der Waals surface area contributed by atoms with E-state index in [-0.39, 0.29) is 0 Å². The molecule has 1 aromatic heterocycles. The van der Waals surface area contributed by atoms with E-state index < -0.39 is 0 Å². The fourth-order valence-corrected chi connectivity index (χ4v) is 3.57. The van der Waals surface area contributed by atoms with Crippen molar-refractivity contribution >= 4 is 23.4 Å². The molecule has 0 unspecified atom stereocenters. The van der Waals surface area contributed by atoms with Gasteiger partial charge in [-0.3, -0.25) is 0 Å². The van der Waals surface area contributed by atoms with Crippen molar-refractivity contribution in [2.45, 2.75) is 11.0 Å². The molecule has 26 heavy (non-hydrogen) atoms. The molecule has 1 heterocycles. The Labute approximate surface area is 161 Å². The van der Waals surface area contributed by atoms with Crippen LogP contribution in [-0.2, 0) is 5.75 Å². The summed E-state index contributed by atoms with van der Waals surface area (Å²) in [6.45, 7) is 0. The average Bonchev–Trinajstić information content (AvgIpc) is 3.13. The van der Waals surface area contributed by atoms with E-state index >= 15 is 0 Å². The molecule has 128 valence electrons. The van der Waals surface area contributed by atoms with Crippen molar-refractivity contribution in [2.24, 2.45) is 0 Å². The molecule has 0 spiro atoms. The van der Waals surface area contributed by atoms with Crippen molar-refractivity contribution in [3.05, 3.63) is 95.5 Å². The Morgan fingerprint density at radius 3 is 2.04 bits per heavy atom. The molecule has 0 aliphatic heterocycles. The molecule has 0 aliphatic carbocycles. The monoisotopic (exact) mass is 377 g/mol. The first kappa shape index (κ1) is 17.0. The summed E-state index contributed by atoms with van der Waals surface area (Å²) in [4.78, 5) is 4.76. The fourth-order valence-electron chi connectivity index (χ4n) is 2.66. The van der Waals surface area contributed by atoms with Gasteiger partial charge < -0.3 is 4.42 Å². The maximum absolute atomic E-state index is 6.13. The second kappa shape index (κ2) is 7.81.